The number of carbonyl (C=O) groups excluding carboxylic acids is 4. The molecule has 110 heavy (non-hydrogen) atoms. The number of unbranched alkanes of at least 4 members (excludes halogenated alkanes) is 60. The first-order chi connectivity index (χ1) is 53.4. The second-order valence-electron chi connectivity index (χ2n) is 33.6. The summed E-state index contributed by atoms with van der Waals surface area (Å²) in [5.74, 6) is -0.472. The Hall–Kier alpha value is -1.94. The van der Waals surface area contributed by atoms with Gasteiger partial charge in [-0.3, -0.25) is 37.3 Å². The minimum atomic E-state index is -4.97. The first kappa shape index (κ1) is 108. The summed E-state index contributed by atoms with van der Waals surface area (Å²) >= 11 is 0. The predicted octanol–water partition coefficient (Wildman–Crippen LogP) is 28.2. The molecule has 0 heterocycles. The lowest BCUT2D eigenvalue weighted by Crippen LogP contribution is -2.30. The molecule has 0 radical (unpaired) electrons. The third kappa shape index (κ3) is 84.0. The highest BCUT2D eigenvalue weighted by molar-refractivity contribution is 7.47. The minimum absolute atomic E-state index is 0.108. The number of esters is 4. The molecular weight excluding hydrogens is 1430 g/mol. The monoisotopic (exact) mass is 1610 g/mol. The Bertz CT molecular complexity index is 2100. The van der Waals surface area contributed by atoms with E-state index in [9.17, 15) is 43.2 Å². The summed E-state index contributed by atoms with van der Waals surface area (Å²) in [4.78, 5) is 73.3. The second-order valence-corrected chi connectivity index (χ2v) is 36.6. The molecule has 0 rings (SSSR count). The number of aliphatic hydroxyl groups is 1. The Morgan fingerprint density at radius 1 is 0.245 bits per heavy atom. The first-order valence-corrected chi connectivity index (χ1v) is 50.0. The number of hydrogen-bond donors (Lipinski definition) is 3. The molecular formula is C91H178O17P2. The highest BCUT2D eigenvalue weighted by Gasteiger charge is 2.31. The van der Waals surface area contributed by atoms with Crippen molar-refractivity contribution >= 4 is 39.5 Å². The van der Waals surface area contributed by atoms with Crippen molar-refractivity contribution < 1.29 is 80.2 Å². The lowest BCUT2D eigenvalue weighted by atomic mass is 10.0. The van der Waals surface area contributed by atoms with Crippen molar-refractivity contribution in [2.75, 3.05) is 39.6 Å². The smallest absolute Gasteiger partial charge is 0.462 e. The van der Waals surface area contributed by atoms with Gasteiger partial charge in [-0.2, -0.15) is 0 Å². The summed E-state index contributed by atoms with van der Waals surface area (Å²) in [6.45, 7) is 9.74. The fourth-order valence-corrected chi connectivity index (χ4v) is 15.9. The molecule has 0 bridgehead atoms. The lowest BCUT2D eigenvalue weighted by molar-refractivity contribution is -0.161. The van der Waals surface area contributed by atoms with Gasteiger partial charge in [-0.15, -0.1) is 0 Å². The van der Waals surface area contributed by atoms with Crippen LogP contribution in [0.15, 0.2) is 0 Å². The summed E-state index contributed by atoms with van der Waals surface area (Å²) in [6, 6.07) is 0. The molecule has 3 N–H and O–H groups in total. The molecule has 17 nitrogen and oxygen atoms in total. The van der Waals surface area contributed by atoms with Gasteiger partial charge in [0.05, 0.1) is 26.4 Å². The first-order valence-electron chi connectivity index (χ1n) is 47.0. The second kappa shape index (κ2) is 82.2. The van der Waals surface area contributed by atoms with Crippen LogP contribution in [-0.2, 0) is 65.4 Å². The summed E-state index contributed by atoms with van der Waals surface area (Å²) in [7, 11) is -9.93. The predicted molar refractivity (Wildman–Crippen MR) is 455 cm³/mol. The van der Waals surface area contributed by atoms with Crippen LogP contribution in [0.1, 0.15) is 491 Å². The van der Waals surface area contributed by atoms with Gasteiger partial charge in [-0.25, -0.2) is 9.13 Å². The number of phosphoric ester groups is 2. The van der Waals surface area contributed by atoms with E-state index in [-0.39, 0.29) is 25.7 Å². The zero-order chi connectivity index (χ0) is 80.6. The molecule has 0 fully saturated rings. The van der Waals surface area contributed by atoms with Crippen molar-refractivity contribution in [3.05, 3.63) is 0 Å². The zero-order valence-corrected chi connectivity index (χ0v) is 74.4. The number of ether oxygens (including phenoxy) is 4. The molecule has 0 aromatic rings. The van der Waals surface area contributed by atoms with Gasteiger partial charge in [0.2, 0.25) is 0 Å². The van der Waals surface area contributed by atoms with Crippen LogP contribution < -0.4 is 0 Å². The van der Waals surface area contributed by atoms with Crippen LogP contribution in [0.2, 0.25) is 0 Å². The Labute approximate surface area is 677 Å². The molecule has 0 spiro atoms. The van der Waals surface area contributed by atoms with Crippen LogP contribution in [0, 0.1) is 11.8 Å². The summed E-state index contributed by atoms with van der Waals surface area (Å²) in [5.41, 5.74) is 0. The number of rotatable bonds is 90. The standard InChI is InChI=1S/C91H178O17P2/c1-7-9-11-13-15-17-18-19-20-21-22-23-24-25-30-35-40-45-51-57-63-69-75-91(96)108-87(80-102-89(94)74-68-62-56-50-44-39-34-29-27-26-28-32-37-42-48-53-59-65-71-83(3)4)82-106-110(99,100)104-78-85(92)77-103-109(97,98)105-81-86(79-101-88(93)73-67-61-55-47-16-14-12-10-8-2)107-90(95)76-70-64-58-52-46-41-36-31-33-38-43-49-54-60-66-72-84(5)6/h83-87,92H,7-82H2,1-6H3,(H,97,98)(H,99,100)/t85-,86+,87+/m0/s1. The lowest BCUT2D eigenvalue weighted by Gasteiger charge is -2.21. The van der Waals surface area contributed by atoms with E-state index in [1.54, 1.807) is 0 Å². The largest absolute Gasteiger partial charge is 0.472 e. The molecule has 0 aromatic heterocycles. The maximum absolute atomic E-state index is 13.2. The van der Waals surface area contributed by atoms with Crippen molar-refractivity contribution in [1.29, 1.82) is 0 Å². The number of carbonyl (C=O) groups is 4. The molecule has 0 aliphatic carbocycles. The van der Waals surface area contributed by atoms with Crippen LogP contribution in [0.3, 0.4) is 0 Å². The molecule has 2 unspecified atom stereocenters. The molecule has 0 saturated carbocycles. The van der Waals surface area contributed by atoms with E-state index in [0.717, 1.165) is 102 Å². The van der Waals surface area contributed by atoms with Crippen LogP contribution in [0.5, 0.6) is 0 Å². The van der Waals surface area contributed by atoms with E-state index < -0.39 is 97.5 Å². The van der Waals surface area contributed by atoms with Gasteiger partial charge in [0.1, 0.15) is 19.3 Å². The molecule has 5 atom stereocenters. The molecule has 654 valence electrons. The molecule has 0 aromatic carbocycles. The van der Waals surface area contributed by atoms with Crippen LogP contribution in [0.4, 0.5) is 0 Å². The van der Waals surface area contributed by atoms with Gasteiger partial charge in [0.15, 0.2) is 12.2 Å². The van der Waals surface area contributed by atoms with Crippen LogP contribution in [-0.4, -0.2) is 96.7 Å². The summed E-state index contributed by atoms with van der Waals surface area (Å²) in [5, 5.41) is 10.7. The highest BCUT2D eigenvalue weighted by atomic mass is 31.2. The fraction of sp³-hybridized carbons (Fsp3) is 0.956. The highest BCUT2D eigenvalue weighted by Crippen LogP contribution is 2.45. The topological polar surface area (TPSA) is 237 Å². The van der Waals surface area contributed by atoms with Crippen LogP contribution in [0.25, 0.3) is 0 Å². The van der Waals surface area contributed by atoms with Crippen molar-refractivity contribution in [2.45, 2.75) is 509 Å². The third-order valence-corrected chi connectivity index (χ3v) is 23.4. The Kier molecular flexibility index (Phi) is 80.7. The van der Waals surface area contributed by atoms with E-state index in [0.29, 0.717) is 25.7 Å². The maximum Gasteiger partial charge on any atom is 0.472 e. The van der Waals surface area contributed by atoms with Gasteiger partial charge in [0, 0.05) is 25.7 Å². The van der Waals surface area contributed by atoms with Gasteiger partial charge in [-0.1, -0.05) is 440 Å². The Balaban J connectivity index is 5.19. The normalized spacial score (nSPS) is 13.7. The summed E-state index contributed by atoms with van der Waals surface area (Å²) < 4.78 is 69.0. The van der Waals surface area contributed by atoms with Gasteiger partial charge >= 0.3 is 39.5 Å². The average Bonchev–Trinajstić information content (AvgIpc) is 0.899. The van der Waals surface area contributed by atoms with Crippen molar-refractivity contribution in [2.24, 2.45) is 11.8 Å². The van der Waals surface area contributed by atoms with E-state index in [1.165, 1.54) is 308 Å². The maximum atomic E-state index is 13.2. The summed E-state index contributed by atoms with van der Waals surface area (Å²) in [6.07, 6.45) is 76.6. The SMILES string of the molecule is CCCCCCCCCCCCCCCCCCCCCCCCC(=O)O[C@H](COC(=O)CCCCCCCCCCCCCCCCCCCCC(C)C)COP(=O)(O)OC[C@@H](O)COP(=O)(O)OC[C@@H](COC(=O)CCCCCCCCCCC)OC(=O)CCCCCCCCCCCCCCCCCC(C)C. The minimum Gasteiger partial charge on any atom is -0.462 e. The Morgan fingerprint density at radius 2 is 0.418 bits per heavy atom. The van der Waals surface area contributed by atoms with Gasteiger partial charge in [-0.05, 0) is 37.5 Å². The van der Waals surface area contributed by atoms with Gasteiger partial charge in [0.25, 0.3) is 0 Å². The van der Waals surface area contributed by atoms with E-state index in [1.807, 2.05) is 0 Å². The van der Waals surface area contributed by atoms with Crippen LogP contribution >= 0.6 is 15.6 Å². The van der Waals surface area contributed by atoms with E-state index >= 15 is 0 Å². The van der Waals surface area contributed by atoms with Crippen molar-refractivity contribution in [1.82, 2.24) is 0 Å². The Morgan fingerprint density at radius 3 is 0.618 bits per heavy atom. The number of phosphoric acid groups is 2. The fourth-order valence-electron chi connectivity index (χ4n) is 14.3. The molecule has 0 amide bonds. The molecule has 0 aliphatic rings. The quantitative estimate of drug-likeness (QED) is 0.0222. The van der Waals surface area contributed by atoms with Crippen molar-refractivity contribution in [3.8, 4) is 0 Å². The average molecular weight is 1610 g/mol. The zero-order valence-electron chi connectivity index (χ0n) is 72.6. The van der Waals surface area contributed by atoms with E-state index in [2.05, 4.69) is 41.5 Å². The molecule has 0 aliphatic heterocycles. The van der Waals surface area contributed by atoms with E-state index in [4.69, 9.17) is 37.0 Å². The third-order valence-electron chi connectivity index (χ3n) is 21.5. The molecule has 19 heteroatoms. The number of aliphatic hydroxyl groups excluding tert-OH is 1. The van der Waals surface area contributed by atoms with Gasteiger partial charge < -0.3 is 33.8 Å². The van der Waals surface area contributed by atoms with Crippen molar-refractivity contribution in [3.63, 3.8) is 0 Å². The number of hydrogen-bond acceptors (Lipinski definition) is 15. The molecule has 0 saturated heterocycles.